The monoisotopic (exact) mass is 272 g/mol. The Morgan fingerprint density at radius 3 is 2.55 bits per heavy atom. The van der Waals surface area contributed by atoms with Gasteiger partial charge in [0.05, 0.1) is 12.0 Å². The molecule has 0 saturated carbocycles. The van der Waals surface area contributed by atoms with E-state index in [1.165, 1.54) is 13.2 Å². The summed E-state index contributed by atoms with van der Waals surface area (Å²) in [6.07, 6.45) is 0.386. The standard InChI is InChI=1S/C15H16N2O3/c1-20-13-7-8-15(17(18)19)12(9-13)10-14(16)11-5-3-2-4-6-11/h2-9,14H,10,16H2,1H3. The highest BCUT2D eigenvalue weighted by atomic mass is 16.6. The molecule has 2 aromatic rings. The number of nitro groups is 1. The van der Waals surface area contributed by atoms with E-state index in [0.717, 1.165) is 5.56 Å². The zero-order valence-electron chi connectivity index (χ0n) is 11.2. The Hall–Kier alpha value is -2.40. The third-order valence-corrected chi connectivity index (χ3v) is 3.15. The summed E-state index contributed by atoms with van der Waals surface area (Å²) in [6.45, 7) is 0. The number of nitro benzene ring substituents is 1. The quantitative estimate of drug-likeness (QED) is 0.670. The van der Waals surface area contributed by atoms with Crippen LogP contribution >= 0.6 is 0 Å². The van der Waals surface area contributed by atoms with E-state index in [9.17, 15) is 10.1 Å². The van der Waals surface area contributed by atoms with Gasteiger partial charge in [-0.15, -0.1) is 0 Å². The van der Waals surface area contributed by atoms with Crippen LogP contribution in [-0.2, 0) is 6.42 Å². The molecule has 0 amide bonds. The molecule has 0 aliphatic carbocycles. The molecule has 1 atom stereocenters. The van der Waals surface area contributed by atoms with Gasteiger partial charge in [0.1, 0.15) is 5.75 Å². The van der Waals surface area contributed by atoms with Gasteiger partial charge in [-0.05, 0) is 24.1 Å². The molecule has 5 nitrogen and oxygen atoms in total. The van der Waals surface area contributed by atoms with E-state index in [4.69, 9.17) is 10.5 Å². The Bertz CT molecular complexity index is 599. The second-order valence-corrected chi connectivity index (χ2v) is 4.47. The minimum atomic E-state index is -0.396. The fraction of sp³-hybridized carbons (Fsp3) is 0.200. The van der Waals surface area contributed by atoms with Crippen molar-refractivity contribution < 1.29 is 9.66 Å². The zero-order chi connectivity index (χ0) is 14.5. The molecule has 0 aliphatic rings. The highest BCUT2D eigenvalue weighted by Crippen LogP contribution is 2.27. The summed E-state index contributed by atoms with van der Waals surface area (Å²) in [7, 11) is 1.53. The van der Waals surface area contributed by atoms with Gasteiger partial charge in [0.15, 0.2) is 0 Å². The van der Waals surface area contributed by atoms with Crippen molar-refractivity contribution in [1.29, 1.82) is 0 Å². The van der Waals surface area contributed by atoms with Gasteiger partial charge in [-0.25, -0.2) is 0 Å². The van der Waals surface area contributed by atoms with Crippen molar-refractivity contribution in [3.63, 3.8) is 0 Å². The fourth-order valence-electron chi connectivity index (χ4n) is 2.09. The number of nitrogens with two attached hydrogens (primary N) is 1. The molecule has 0 radical (unpaired) electrons. The lowest BCUT2D eigenvalue weighted by Gasteiger charge is -2.13. The van der Waals surface area contributed by atoms with Crippen LogP contribution in [0.25, 0.3) is 0 Å². The second kappa shape index (κ2) is 6.16. The summed E-state index contributed by atoms with van der Waals surface area (Å²) < 4.78 is 5.11. The molecule has 0 spiro atoms. The predicted molar refractivity (Wildman–Crippen MR) is 76.7 cm³/mol. The van der Waals surface area contributed by atoms with Gasteiger partial charge in [0.2, 0.25) is 0 Å². The third kappa shape index (κ3) is 3.13. The number of hydrogen-bond donors (Lipinski definition) is 1. The van der Waals surface area contributed by atoms with Gasteiger partial charge in [-0.3, -0.25) is 10.1 Å². The van der Waals surface area contributed by atoms with E-state index in [1.807, 2.05) is 30.3 Å². The fourth-order valence-corrected chi connectivity index (χ4v) is 2.09. The molecule has 5 heteroatoms. The summed E-state index contributed by atoms with van der Waals surface area (Å²) in [6, 6.07) is 13.9. The molecule has 0 saturated heterocycles. The summed E-state index contributed by atoms with van der Waals surface area (Å²) in [4.78, 5) is 10.7. The van der Waals surface area contributed by atoms with Gasteiger partial charge in [0, 0.05) is 17.7 Å². The molecule has 2 rings (SSSR count). The maximum Gasteiger partial charge on any atom is 0.272 e. The van der Waals surface area contributed by atoms with Crippen LogP contribution in [0.3, 0.4) is 0 Å². The summed E-state index contributed by atoms with van der Waals surface area (Å²) in [5.41, 5.74) is 7.71. The van der Waals surface area contributed by atoms with Crippen LogP contribution in [0.4, 0.5) is 5.69 Å². The van der Waals surface area contributed by atoms with Crippen LogP contribution in [0.15, 0.2) is 48.5 Å². The highest BCUT2D eigenvalue weighted by molar-refractivity contribution is 5.46. The molecule has 0 aliphatic heterocycles. The molecule has 1 unspecified atom stereocenters. The van der Waals surface area contributed by atoms with Crippen molar-refractivity contribution in [2.24, 2.45) is 5.73 Å². The summed E-state index contributed by atoms with van der Waals surface area (Å²) >= 11 is 0. The van der Waals surface area contributed by atoms with E-state index in [2.05, 4.69) is 0 Å². The van der Waals surface area contributed by atoms with Crippen LogP contribution < -0.4 is 10.5 Å². The molecule has 20 heavy (non-hydrogen) atoms. The van der Waals surface area contributed by atoms with Crippen LogP contribution in [0.2, 0.25) is 0 Å². The number of hydrogen-bond acceptors (Lipinski definition) is 4. The zero-order valence-corrected chi connectivity index (χ0v) is 11.2. The Balaban J connectivity index is 2.29. The van der Waals surface area contributed by atoms with Gasteiger partial charge in [0.25, 0.3) is 5.69 Å². The van der Waals surface area contributed by atoms with Crippen LogP contribution in [0.5, 0.6) is 5.75 Å². The molecule has 2 N–H and O–H groups in total. The largest absolute Gasteiger partial charge is 0.497 e. The smallest absolute Gasteiger partial charge is 0.272 e. The second-order valence-electron chi connectivity index (χ2n) is 4.47. The van der Waals surface area contributed by atoms with Gasteiger partial charge in [-0.2, -0.15) is 0 Å². The third-order valence-electron chi connectivity index (χ3n) is 3.15. The number of benzene rings is 2. The maximum atomic E-state index is 11.1. The van der Waals surface area contributed by atoms with E-state index in [0.29, 0.717) is 17.7 Å². The molecule has 0 bridgehead atoms. The highest BCUT2D eigenvalue weighted by Gasteiger charge is 2.17. The molecule has 104 valence electrons. The summed E-state index contributed by atoms with van der Waals surface area (Å²) in [5, 5.41) is 11.1. The predicted octanol–water partition coefficient (Wildman–Crippen LogP) is 2.85. The van der Waals surface area contributed by atoms with E-state index >= 15 is 0 Å². The number of nitrogens with zero attached hydrogens (tertiary/aromatic N) is 1. The SMILES string of the molecule is COc1ccc([N+](=O)[O-])c(CC(N)c2ccccc2)c1. The lowest BCUT2D eigenvalue weighted by Crippen LogP contribution is -2.14. The van der Waals surface area contributed by atoms with Crippen LogP contribution in [0.1, 0.15) is 17.2 Å². The van der Waals surface area contributed by atoms with E-state index in [-0.39, 0.29) is 11.7 Å². The van der Waals surface area contributed by atoms with Crippen molar-refractivity contribution in [2.45, 2.75) is 12.5 Å². The van der Waals surface area contributed by atoms with Crippen LogP contribution in [-0.4, -0.2) is 12.0 Å². The lowest BCUT2D eigenvalue weighted by molar-refractivity contribution is -0.385. The molecular formula is C15H16N2O3. The Morgan fingerprint density at radius 1 is 1.25 bits per heavy atom. The Labute approximate surface area is 117 Å². The molecule has 0 aromatic heterocycles. The minimum Gasteiger partial charge on any atom is -0.497 e. The number of methoxy groups -OCH3 is 1. The van der Waals surface area contributed by atoms with E-state index < -0.39 is 4.92 Å². The van der Waals surface area contributed by atoms with Crippen molar-refractivity contribution in [1.82, 2.24) is 0 Å². The van der Waals surface area contributed by atoms with Gasteiger partial charge in [-0.1, -0.05) is 30.3 Å². The van der Waals surface area contributed by atoms with E-state index in [1.54, 1.807) is 12.1 Å². The number of ether oxygens (including phenoxy) is 1. The number of rotatable bonds is 5. The first-order valence-electron chi connectivity index (χ1n) is 6.23. The topological polar surface area (TPSA) is 78.4 Å². The molecular weight excluding hydrogens is 256 g/mol. The van der Waals surface area contributed by atoms with Crippen molar-refractivity contribution in [2.75, 3.05) is 7.11 Å². The minimum absolute atomic E-state index is 0.0668. The summed E-state index contributed by atoms with van der Waals surface area (Å²) in [5.74, 6) is 0.589. The lowest BCUT2D eigenvalue weighted by atomic mass is 9.98. The molecule has 2 aromatic carbocycles. The van der Waals surface area contributed by atoms with Gasteiger partial charge >= 0.3 is 0 Å². The molecule has 0 heterocycles. The van der Waals surface area contributed by atoms with Crippen molar-refractivity contribution in [3.05, 3.63) is 69.8 Å². The Kier molecular flexibility index (Phi) is 4.32. The van der Waals surface area contributed by atoms with Gasteiger partial charge < -0.3 is 10.5 Å². The molecule has 0 fully saturated rings. The first-order valence-corrected chi connectivity index (χ1v) is 6.23. The van der Waals surface area contributed by atoms with Crippen LogP contribution in [0, 0.1) is 10.1 Å². The average molecular weight is 272 g/mol. The Morgan fingerprint density at radius 2 is 1.95 bits per heavy atom. The van der Waals surface area contributed by atoms with Crippen molar-refractivity contribution >= 4 is 5.69 Å². The maximum absolute atomic E-state index is 11.1. The first-order chi connectivity index (χ1) is 9.61. The average Bonchev–Trinajstić information content (AvgIpc) is 2.47. The normalized spacial score (nSPS) is 11.9. The first kappa shape index (κ1) is 14.0. The van der Waals surface area contributed by atoms with Crippen molar-refractivity contribution in [3.8, 4) is 5.75 Å².